The fourth-order valence-electron chi connectivity index (χ4n) is 7.10. The fraction of sp³-hybridized carbons (Fsp3) is 0.615. The molecule has 0 aliphatic carbocycles. The van der Waals surface area contributed by atoms with Crippen LogP contribution in [0.5, 0.6) is 11.5 Å². The van der Waals surface area contributed by atoms with Gasteiger partial charge >= 0.3 is 0 Å². The van der Waals surface area contributed by atoms with Crippen LogP contribution in [-0.2, 0) is 13.0 Å². The Balaban J connectivity index is 1.12. The third-order valence-corrected chi connectivity index (χ3v) is 11.1. The molecule has 3 atom stereocenters. The first kappa shape index (κ1) is 34.4. The maximum atomic E-state index is 6.87. The summed E-state index contributed by atoms with van der Waals surface area (Å²) in [5.74, 6) is 4.53. The summed E-state index contributed by atoms with van der Waals surface area (Å²) in [7, 11) is 0. The molecule has 6 nitrogen and oxygen atoms in total. The van der Waals surface area contributed by atoms with Gasteiger partial charge in [-0.1, -0.05) is 77.9 Å². The molecule has 7 heteroatoms. The van der Waals surface area contributed by atoms with Crippen molar-refractivity contribution in [3.05, 3.63) is 57.9 Å². The Morgan fingerprint density at radius 1 is 0.935 bits per heavy atom. The molecule has 0 spiro atoms. The van der Waals surface area contributed by atoms with Crippen LogP contribution in [0.4, 0.5) is 0 Å². The molecule has 0 bridgehead atoms. The van der Waals surface area contributed by atoms with Crippen LogP contribution in [0.1, 0.15) is 127 Å². The summed E-state index contributed by atoms with van der Waals surface area (Å²) in [5, 5.41) is 8.76. The molecule has 1 aliphatic heterocycles. The average Bonchev–Trinajstić information content (AvgIpc) is 3.69. The lowest BCUT2D eigenvalue weighted by Crippen LogP contribution is -2.37. The van der Waals surface area contributed by atoms with E-state index in [2.05, 4.69) is 76.8 Å². The molecular weight excluding hydrogens is 589 g/mol. The van der Waals surface area contributed by atoms with E-state index in [-0.39, 0.29) is 5.60 Å². The Morgan fingerprint density at radius 3 is 2.39 bits per heavy atom. The first-order chi connectivity index (χ1) is 22.0. The largest absolute Gasteiger partial charge is 0.487 e. The summed E-state index contributed by atoms with van der Waals surface area (Å²) < 4.78 is 16.3. The van der Waals surface area contributed by atoms with E-state index in [1.54, 1.807) is 11.3 Å². The highest BCUT2D eigenvalue weighted by molar-refractivity contribution is 7.16. The highest BCUT2D eigenvalue weighted by Crippen LogP contribution is 2.45. The molecule has 0 saturated heterocycles. The van der Waals surface area contributed by atoms with E-state index in [1.807, 2.05) is 28.5 Å². The van der Waals surface area contributed by atoms with E-state index in [1.165, 1.54) is 68.1 Å². The van der Waals surface area contributed by atoms with Gasteiger partial charge in [0.25, 0.3) is 0 Å². The summed E-state index contributed by atoms with van der Waals surface area (Å²) in [5.41, 5.74) is 9.37. The van der Waals surface area contributed by atoms with Gasteiger partial charge in [-0.05, 0) is 106 Å². The van der Waals surface area contributed by atoms with Crippen LogP contribution in [0.25, 0.3) is 15.9 Å². The predicted octanol–water partition coefficient (Wildman–Crippen LogP) is 10.9. The Morgan fingerprint density at radius 2 is 1.65 bits per heavy atom. The van der Waals surface area contributed by atoms with Crippen LogP contribution in [0.3, 0.4) is 0 Å². The van der Waals surface area contributed by atoms with E-state index >= 15 is 0 Å². The number of hydrogen-bond acceptors (Lipinski definition) is 6. The third kappa shape index (κ3) is 8.50. The van der Waals surface area contributed by atoms with Crippen LogP contribution in [0.2, 0.25) is 0 Å². The number of fused-ring (bicyclic) bond motifs is 2. The second kappa shape index (κ2) is 15.3. The van der Waals surface area contributed by atoms with Crippen molar-refractivity contribution in [1.82, 2.24) is 20.0 Å². The molecule has 0 radical (unpaired) electrons. The SMILES string of the molecule is Cc1c(C)c2c(c(C)c1OCc1cn(-c3ccc4ncsc4c3)nn1)CC[C@@](C)(CCC[C@H](C)CCC[C@H](C)CCCC(C)C)O2. The third-order valence-electron chi connectivity index (χ3n) is 10.3. The summed E-state index contributed by atoms with van der Waals surface area (Å²) in [6.45, 7) is 18.8. The van der Waals surface area contributed by atoms with Crippen molar-refractivity contribution in [2.45, 2.75) is 138 Å². The number of rotatable bonds is 16. The highest BCUT2D eigenvalue weighted by atomic mass is 32.1. The van der Waals surface area contributed by atoms with Gasteiger partial charge in [-0.3, -0.25) is 0 Å². The number of ether oxygens (including phenoxy) is 2. The van der Waals surface area contributed by atoms with E-state index in [0.29, 0.717) is 6.61 Å². The van der Waals surface area contributed by atoms with Gasteiger partial charge in [0, 0.05) is 5.56 Å². The van der Waals surface area contributed by atoms with Crippen LogP contribution >= 0.6 is 11.3 Å². The first-order valence-corrected chi connectivity index (χ1v) is 18.6. The molecule has 2 aromatic carbocycles. The van der Waals surface area contributed by atoms with Gasteiger partial charge in [0.1, 0.15) is 29.4 Å². The molecule has 250 valence electrons. The van der Waals surface area contributed by atoms with Crippen molar-refractivity contribution in [1.29, 1.82) is 0 Å². The van der Waals surface area contributed by atoms with Crippen molar-refractivity contribution in [2.24, 2.45) is 17.8 Å². The Labute approximate surface area is 281 Å². The van der Waals surface area contributed by atoms with Crippen molar-refractivity contribution in [2.75, 3.05) is 0 Å². The number of aromatic nitrogens is 4. The van der Waals surface area contributed by atoms with Gasteiger partial charge in [0.15, 0.2) is 0 Å². The number of thiazole rings is 1. The smallest absolute Gasteiger partial charge is 0.134 e. The standard InChI is InChI=1S/C39H56N4O2S/c1-26(2)12-9-13-27(3)14-10-15-28(4)16-11-20-39(8)21-19-34-31(7)37(29(5)30(6)38(34)45-39)44-24-32-23-43(42-41-32)33-17-18-35-36(22-33)46-25-40-35/h17-18,22-23,25-28H,9-16,19-21,24H2,1-8H3/t27-,28-,39-/m1/s1. The average molecular weight is 645 g/mol. The molecule has 0 fully saturated rings. The van der Waals surface area contributed by atoms with E-state index in [9.17, 15) is 0 Å². The lowest BCUT2D eigenvalue weighted by atomic mass is 9.83. The zero-order valence-electron chi connectivity index (χ0n) is 29.6. The molecule has 4 aromatic rings. The summed E-state index contributed by atoms with van der Waals surface area (Å²) >= 11 is 1.63. The molecule has 0 saturated carbocycles. The van der Waals surface area contributed by atoms with Gasteiger partial charge in [-0.15, -0.1) is 16.4 Å². The normalized spacial score (nSPS) is 17.7. The summed E-state index contributed by atoms with van der Waals surface area (Å²) in [6.07, 6.45) is 15.9. The van der Waals surface area contributed by atoms with Crippen LogP contribution in [0, 0.1) is 38.5 Å². The minimum atomic E-state index is -0.107. The summed E-state index contributed by atoms with van der Waals surface area (Å²) in [6, 6.07) is 6.14. The number of benzene rings is 2. The van der Waals surface area contributed by atoms with Gasteiger partial charge in [0.05, 0.1) is 27.6 Å². The molecule has 0 N–H and O–H groups in total. The van der Waals surface area contributed by atoms with Crippen LogP contribution in [0.15, 0.2) is 29.9 Å². The first-order valence-electron chi connectivity index (χ1n) is 17.7. The topological polar surface area (TPSA) is 62.1 Å². The lowest BCUT2D eigenvalue weighted by molar-refractivity contribution is 0.0511. The molecular formula is C39H56N4O2S. The highest BCUT2D eigenvalue weighted by Gasteiger charge is 2.34. The second-order valence-electron chi connectivity index (χ2n) is 14.9. The van der Waals surface area contributed by atoms with Crippen molar-refractivity contribution in [3.63, 3.8) is 0 Å². The molecule has 1 aliphatic rings. The van der Waals surface area contributed by atoms with E-state index in [0.717, 1.165) is 75.7 Å². The molecule has 2 aromatic heterocycles. The van der Waals surface area contributed by atoms with Crippen molar-refractivity contribution in [3.8, 4) is 17.2 Å². The Bertz CT molecular complexity index is 1590. The second-order valence-corrected chi connectivity index (χ2v) is 15.8. The lowest BCUT2D eigenvalue weighted by Gasteiger charge is -2.38. The van der Waals surface area contributed by atoms with Crippen LogP contribution in [-0.4, -0.2) is 25.6 Å². The summed E-state index contributed by atoms with van der Waals surface area (Å²) in [4.78, 5) is 4.37. The Hall–Kier alpha value is -2.93. The number of hydrogen-bond donors (Lipinski definition) is 0. The minimum Gasteiger partial charge on any atom is -0.487 e. The van der Waals surface area contributed by atoms with E-state index in [4.69, 9.17) is 9.47 Å². The molecule has 0 unspecified atom stereocenters. The van der Waals surface area contributed by atoms with Crippen LogP contribution < -0.4 is 9.47 Å². The van der Waals surface area contributed by atoms with Gasteiger partial charge < -0.3 is 9.47 Å². The minimum absolute atomic E-state index is 0.107. The zero-order chi connectivity index (χ0) is 32.8. The quantitative estimate of drug-likeness (QED) is 0.121. The van der Waals surface area contributed by atoms with E-state index < -0.39 is 0 Å². The zero-order valence-corrected chi connectivity index (χ0v) is 30.4. The maximum Gasteiger partial charge on any atom is 0.134 e. The van der Waals surface area contributed by atoms with Crippen molar-refractivity contribution < 1.29 is 9.47 Å². The monoisotopic (exact) mass is 644 g/mol. The predicted molar refractivity (Wildman–Crippen MR) is 192 cm³/mol. The van der Waals surface area contributed by atoms with Gasteiger partial charge in [-0.2, -0.15) is 0 Å². The maximum absolute atomic E-state index is 6.87. The number of nitrogens with zero attached hydrogens (tertiary/aromatic N) is 4. The molecule has 3 heterocycles. The van der Waals surface area contributed by atoms with Gasteiger partial charge in [-0.25, -0.2) is 9.67 Å². The van der Waals surface area contributed by atoms with Crippen molar-refractivity contribution >= 4 is 21.6 Å². The molecule has 46 heavy (non-hydrogen) atoms. The molecule has 0 amide bonds. The van der Waals surface area contributed by atoms with Gasteiger partial charge in [0.2, 0.25) is 0 Å². The Kier molecular flexibility index (Phi) is 11.5. The molecule has 5 rings (SSSR count). The fourth-order valence-corrected chi connectivity index (χ4v) is 7.81.